The Hall–Kier alpha value is -4.84. The fourth-order valence-electron chi connectivity index (χ4n) is 4.65. The SMILES string of the molecule is COc1ccc(C(F)(F)F)cc1NC(=O)Nc1cccc(C2=Cn3ccnc3C(C)(N(C)Cc3ccncc3)N2)c1. The summed E-state index contributed by atoms with van der Waals surface area (Å²) < 4.78 is 46.7. The molecule has 1 aliphatic rings. The summed E-state index contributed by atoms with van der Waals surface area (Å²) in [7, 11) is 3.31. The number of hydrogen-bond acceptors (Lipinski definition) is 6. The zero-order chi connectivity index (χ0) is 29.2. The van der Waals surface area contributed by atoms with Crippen molar-refractivity contribution in [3.05, 3.63) is 102 Å². The van der Waals surface area contributed by atoms with E-state index in [1.165, 1.54) is 7.11 Å². The molecule has 5 rings (SSSR count). The Labute approximate surface area is 234 Å². The van der Waals surface area contributed by atoms with Gasteiger partial charge in [-0.1, -0.05) is 12.1 Å². The molecule has 41 heavy (non-hydrogen) atoms. The maximum Gasteiger partial charge on any atom is 0.416 e. The van der Waals surface area contributed by atoms with Crippen LogP contribution < -0.4 is 20.7 Å². The minimum absolute atomic E-state index is 0.102. The highest BCUT2D eigenvalue weighted by molar-refractivity contribution is 6.01. The molecule has 3 N–H and O–H groups in total. The van der Waals surface area contributed by atoms with Crippen LogP contribution in [0.5, 0.6) is 5.75 Å². The lowest BCUT2D eigenvalue weighted by atomic mass is 10.0. The van der Waals surface area contributed by atoms with Crippen LogP contribution in [-0.2, 0) is 18.4 Å². The number of fused-ring (bicyclic) bond motifs is 1. The van der Waals surface area contributed by atoms with E-state index >= 15 is 0 Å². The Kier molecular flexibility index (Phi) is 7.41. The number of anilines is 2. The molecule has 12 heteroatoms. The molecule has 9 nitrogen and oxygen atoms in total. The first-order chi connectivity index (χ1) is 19.6. The van der Waals surface area contributed by atoms with Gasteiger partial charge in [0.05, 0.1) is 24.1 Å². The van der Waals surface area contributed by atoms with Crippen LogP contribution in [0.2, 0.25) is 0 Å². The van der Waals surface area contributed by atoms with E-state index in [9.17, 15) is 18.0 Å². The molecule has 1 atom stereocenters. The molecular weight excluding hydrogens is 535 g/mol. The molecule has 0 spiro atoms. The molecule has 0 saturated heterocycles. The Morgan fingerprint density at radius 1 is 1.10 bits per heavy atom. The molecule has 1 unspecified atom stereocenters. The molecule has 2 aromatic carbocycles. The van der Waals surface area contributed by atoms with E-state index in [0.29, 0.717) is 12.2 Å². The monoisotopic (exact) mass is 563 g/mol. The van der Waals surface area contributed by atoms with Crippen molar-refractivity contribution < 1.29 is 22.7 Å². The number of hydrogen-bond donors (Lipinski definition) is 3. The van der Waals surface area contributed by atoms with Crippen molar-refractivity contribution >= 4 is 29.3 Å². The van der Waals surface area contributed by atoms with Gasteiger partial charge in [-0.25, -0.2) is 9.78 Å². The summed E-state index contributed by atoms with van der Waals surface area (Å²) in [6.07, 6.45) is 4.46. The highest BCUT2D eigenvalue weighted by atomic mass is 19.4. The number of halogens is 3. The fraction of sp³-hybridized carbons (Fsp3) is 0.207. The van der Waals surface area contributed by atoms with Gasteiger partial charge in [-0.15, -0.1) is 0 Å². The van der Waals surface area contributed by atoms with Crippen molar-refractivity contribution in [2.24, 2.45) is 0 Å². The van der Waals surface area contributed by atoms with Crippen molar-refractivity contribution in [1.29, 1.82) is 0 Å². The maximum atomic E-state index is 13.2. The minimum atomic E-state index is -4.57. The number of rotatable bonds is 7. The molecule has 0 bridgehead atoms. The van der Waals surface area contributed by atoms with Crippen LogP contribution in [0.25, 0.3) is 11.9 Å². The molecule has 0 fully saturated rings. The number of alkyl halides is 3. The predicted octanol–water partition coefficient (Wildman–Crippen LogP) is 5.81. The second kappa shape index (κ2) is 11.0. The number of benzene rings is 2. The summed E-state index contributed by atoms with van der Waals surface area (Å²) in [4.78, 5) is 23.6. The lowest BCUT2D eigenvalue weighted by molar-refractivity contribution is -0.137. The number of urea groups is 1. The summed E-state index contributed by atoms with van der Waals surface area (Å²) in [6.45, 7) is 2.67. The second-order valence-corrected chi connectivity index (χ2v) is 9.68. The van der Waals surface area contributed by atoms with Crippen molar-refractivity contribution in [2.75, 3.05) is 24.8 Å². The standard InChI is InChI=1S/C29H28F3N7O2/c1-28(38(2)17-19-9-11-33-12-10-19)26-34-13-14-39(26)18-24(37-28)20-5-4-6-22(15-20)35-27(40)36-23-16-21(29(30,31)32)7-8-25(23)41-3/h4-16,18,37H,17H2,1-3H3,(H2,35,36,40). The Balaban J connectivity index is 1.36. The number of pyridine rings is 1. The molecule has 2 amide bonds. The number of aromatic nitrogens is 3. The second-order valence-electron chi connectivity index (χ2n) is 9.68. The zero-order valence-corrected chi connectivity index (χ0v) is 22.5. The summed E-state index contributed by atoms with van der Waals surface area (Å²) >= 11 is 0. The van der Waals surface area contributed by atoms with E-state index in [2.05, 4.69) is 30.8 Å². The van der Waals surface area contributed by atoms with E-state index in [-0.39, 0.29) is 11.4 Å². The Morgan fingerprint density at radius 3 is 2.61 bits per heavy atom. The fourth-order valence-corrected chi connectivity index (χ4v) is 4.65. The van der Waals surface area contributed by atoms with Gasteiger partial charge in [0.15, 0.2) is 5.82 Å². The quantitative estimate of drug-likeness (QED) is 0.263. The van der Waals surface area contributed by atoms with E-state index in [4.69, 9.17) is 4.74 Å². The van der Waals surface area contributed by atoms with Crippen LogP contribution in [0.1, 0.15) is 29.4 Å². The van der Waals surface area contributed by atoms with Gasteiger partial charge in [-0.05, 0) is 62.0 Å². The summed E-state index contributed by atoms with van der Waals surface area (Å²) in [5.41, 5.74) is 1.41. The first kappa shape index (κ1) is 27.7. The number of nitrogens with one attached hydrogen (secondary N) is 3. The molecule has 0 aliphatic carbocycles. The summed E-state index contributed by atoms with van der Waals surface area (Å²) in [6, 6.07) is 13.2. The van der Waals surface area contributed by atoms with Crippen LogP contribution in [0.15, 0.2) is 79.4 Å². The number of carbonyl (C=O) groups excluding carboxylic acids is 1. The number of methoxy groups -OCH3 is 1. The molecule has 4 aromatic rings. The lowest BCUT2D eigenvalue weighted by Gasteiger charge is -2.42. The van der Waals surface area contributed by atoms with Gasteiger partial charge in [0, 0.05) is 48.8 Å². The van der Waals surface area contributed by atoms with Gasteiger partial charge in [0.2, 0.25) is 0 Å². The van der Waals surface area contributed by atoms with Crippen molar-refractivity contribution in [2.45, 2.75) is 25.3 Å². The van der Waals surface area contributed by atoms with Gasteiger partial charge < -0.3 is 25.3 Å². The average Bonchev–Trinajstić information content (AvgIpc) is 3.43. The van der Waals surface area contributed by atoms with E-state index in [1.807, 2.05) is 49.1 Å². The van der Waals surface area contributed by atoms with Gasteiger partial charge in [-0.3, -0.25) is 9.88 Å². The molecule has 1 aliphatic heterocycles. The van der Waals surface area contributed by atoms with Crippen LogP contribution in [0.4, 0.5) is 29.3 Å². The minimum Gasteiger partial charge on any atom is -0.495 e. The van der Waals surface area contributed by atoms with Crippen LogP contribution in [0, 0.1) is 0 Å². The van der Waals surface area contributed by atoms with E-state index in [1.54, 1.807) is 36.8 Å². The summed E-state index contributed by atoms with van der Waals surface area (Å²) in [5, 5.41) is 8.75. The number of imidazole rings is 1. The first-order valence-electron chi connectivity index (χ1n) is 12.6. The number of carbonyl (C=O) groups is 1. The normalized spacial score (nSPS) is 16.4. The smallest absolute Gasteiger partial charge is 0.416 e. The van der Waals surface area contributed by atoms with Crippen LogP contribution >= 0.6 is 0 Å². The molecule has 0 radical (unpaired) electrons. The van der Waals surface area contributed by atoms with Gasteiger partial charge >= 0.3 is 12.2 Å². The average molecular weight is 564 g/mol. The highest BCUT2D eigenvalue weighted by Crippen LogP contribution is 2.36. The third kappa shape index (κ3) is 5.87. The topological polar surface area (TPSA) is 96.3 Å². The maximum absolute atomic E-state index is 13.2. The number of nitrogens with zero attached hydrogens (tertiary/aromatic N) is 4. The molecule has 3 heterocycles. The largest absolute Gasteiger partial charge is 0.495 e. The van der Waals surface area contributed by atoms with Crippen molar-refractivity contribution in [1.82, 2.24) is 24.8 Å². The lowest BCUT2D eigenvalue weighted by Crippen LogP contribution is -2.54. The highest BCUT2D eigenvalue weighted by Gasteiger charge is 2.38. The first-order valence-corrected chi connectivity index (χ1v) is 12.6. The van der Waals surface area contributed by atoms with Crippen molar-refractivity contribution in [3.8, 4) is 5.75 Å². The number of amides is 2. The van der Waals surface area contributed by atoms with E-state index in [0.717, 1.165) is 40.8 Å². The van der Waals surface area contributed by atoms with Gasteiger partial charge in [-0.2, -0.15) is 13.2 Å². The van der Waals surface area contributed by atoms with Gasteiger partial charge in [0.1, 0.15) is 11.4 Å². The van der Waals surface area contributed by atoms with Gasteiger partial charge in [0.25, 0.3) is 0 Å². The molecular formula is C29H28F3N7O2. The molecule has 0 saturated carbocycles. The Morgan fingerprint density at radius 2 is 1.88 bits per heavy atom. The third-order valence-corrected chi connectivity index (χ3v) is 6.89. The molecule has 212 valence electrons. The number of ether oxygens (including phenoxy) is 1. The van der Waals surface area contributed by atoms with Crippen LogP contribution in [0.3, 0.4) is 0 Å². The third-order valence-electron chi connectivity index (χ3n) is 6.89. The zero-order valence-electron chi connectivity index (χ0n) is 22.5. The van der Waals surface area contributed by atoms with Crippen molar-refractivity contribution in [3.63, 3.8) is 0 Å². The van der Waals surface area contributed by atoms with E-state index < -0.39 is 23.4 Å². The predicted molar refractivity (Wildman–Crippen MR) is 150 cm³/mol. The Bertz CT molecular complexity index is 1590. The van der Waals surface area contributed by atoms with Crippen LogP contribution in [-0.4, -0.2) is 39.6 Å². The summed E-state index contributed by atoms with van der Waals surface area (Å²) in [5.74, 6) is 0.909. The molecule has 2 aromatic heterocycles.